The topological polar surface area (TPSA) is 66.3 Å². The number of piperidine rings is 1. The number of nitrogens with zero attached hydrogens (tertiary/aromatic N) is 3. The molecule has 1 aliphatic heterocycles. The molecule has 1 N–H and O–H groups in total. The number of rotatable bonds is 3. The van der Waals surface area contributed by atoms with E-state index in [1.165, 1.54) is 10.4 Å². The molecule has 0 saturated carbocycles. The summed E-state index contributed by atoms with van der Waals surface area (Å²) in [6.07, 6.45) is 3.17. The fourth-order valence-electron chi connectivity index (χ4n) is 3.48. The Kier molecular flexibility index (Phi) is 4.13. The van der Waals surface area contributed by atoms with Gasteiger partial charge in [0.15, 0.2) is 0 Å². The van der Waals surface area contributed by atoms with Gasteiger partial charge in [-0.2, -0.15) is 0 Å². The number of carbonyl (C=O) groups is 1. The highest BCUT2D eigenvalue weighted by Crippen LogP contribution is 2.37. The minimum atomic E-state index is -0.725. The molecular weight excluding hydrogens is 334 g/mol. The number of aryl methyl sites for hydroxylation is 1. The minimum Gasteiger partial charge on any atom is -0.481 e. The van der Waals surface area contributed by atoms with Crippen molar-refractivity contribution >= 4 is 34.0 Å². The molecule has 5 nitrogen and oxygen atoms in total. The highest BCUT2D eigenvalue weighted by molar-refractivity contribution is 7.13. The molecule has 0 amide bonds. The Morgan fingerprint density at radius 1 is 1.36 bits per heavy atom. The fourth-order valence-corrected chi connectivity index (χ4v) is 4.41. The van der Waals surface area contributed by atoms with Crippen LogP contribution >= 0.6 is 11.3 Å². The predicted octanol–water partition coefficient (Wildman–Crippen LogP) is 3.97. The van der Waals surface area contributed by atoms with E-state index >= 15 is 0 Å². The molecule has 0 spiro atoms. The summed E-state index contributed by atoms with van der Waals surface area (Å²) in [4.78, 5) is 23.7. The highest BCUT2D eigenvalue weighted by Gasteiger charge is 2.27. The van der Waals surface area contributed by atoms with Crippen molar-refractivity contribution in [1.82, 2.24) is 9.97 Å². The zero-order valence-corrected chi connectivity index (χ0v) is 14.8. The van der Waals surface area contributed by atoms with Crippen LogP contribution in [-0.2, 0) is 4.79 Å². The molecular formula is C19H19N3O2S. The van der Waals surface area contributed by atoms with E-state index in [1.807, 2.05) is 12.1 Å². The van der Waals surface area contributed by atoms with Gasteiger partial charge < -0.3 is 10.0 Å². The summed E-state index contributed by atoms with van der Waals surface area (Å²) in [5, 5.41) is 12.5. The fraction of sp³-hybridized carbons (Fsp3) is 0.316. The normalized spacial score (nSPS) is 17.8. The second-order valence-electron chi connectivity index (χ2n) is 6.51. The number of thiophene rings is 1. The molecule has 25 heavy (non-hydrogen) atoms. The number of carboxylic acids is 1. The van der Waals surface area contributed by atoms with E-state index in [4.69, 9.17) is 0 Å². The third-order valence-electron chi connectivity index (χ3n) is 4.71. The number of benzene rings is 1. The molecule has 1 fully saturated rings. The Morgan fingerprint density at radius 3 is 3.00 bits per heavy atom. The Morgan fingerprint density at radius 2 is 2.24 bits per heavy atom. The van der Waals surface area contributed by atoms with Gasteiger partial charge in [-0.3, -0.25) is 4.79 Å². The van der Waals surface area contributed by atoms with Gasteiger partial charge in [0.25, 0.3) is 0 Å². The summed E-state index contributed by atoms with van der Waals surface area (Å²) in [5.41, 5.74) is 3.24. The lowest BCUT2D eigenvalue weighted by Crippen LogP contribution is -2.39. The first-order valence-corrected chi connectivity index (χ1v) is 9.28. The third-order valence-corrected chi connectivity index (χ3v) is 5.79. The number of aromatic nitrogens is 2. The molecule has 1 atom stereocenters. The van der Waals surface area contributed by atoms with Crippen LogP contribution in [0.5, 0.6) is 0 Å². The standard InChI is InChI=1S/C19H19N3O2S/c1-12-8-16(25-10-12)14-5-2-6-15-17(14)18(21-11-20-15)22-7-3-4-13(9-22)19(23)24/h2,5-6,8,10-11,13H,3-4,7,9H2,1H3,(H,23,24). The first-order valence-electron chi connectivity index (χ1n) is 8.40. The summed E-state index contributed by atoms with van der Waals surface area (Å²) in [6, 6.07) is 8.27. The van der Waals surface area contributed by atoms with Crippen LogP contribution in [0.2, 0.25) is 0 Å². The van der Waals surface area contributed by atoms with Crippen LogP contribution in [0.3, 0.4) is 0 Å². The number of anilines is 1. The van der Waals surface area contributed by atoms with Gasteiger partial charge in [0.1, 0.15) is 12.1 Å². The van der Waals surface area contributed by atoms with Gasteiger partial charge in [0.05, 0.1) is 16.8 Å². The lowest BCUT2D eigenvalue weighted by Gasteiger charge is -2.32. The van der Waals surface area contributed by atoms with Crippen molar-refractivity contribution < 1.29 is 9.90 Å². The maximum absolute atomic E-state index is 11.4. The summed E-state index contributed by atoms with van der Waals surface area (Å²) in [7, 11) is 0. The molecule has 3 heterocycles. The van der Waals surface area contributed by atoms with Crippen molar-refractivity contribution in [3.8, 4) is 10.4 Å². The van der Waals surface area contributed by atoms with Gasteiger partial charge in [-0.1, -0.05) is 12.1 Å². The van der Waals surface area contributed by atoms with Crippen LogP contribution < -0.4 is 4.90 Å². The zero-order valence-electron chi connectivity index (χ0n) is 14.0. The molecule has 1 aliphatic rings. The molecule has 0 bridgehead atoms. The Hall–Kier alpha value is -2.47. The van der Waals surface area contributed by atoms with Crippen molar-refractivity contribution in [2.24, 2.45) is 5.92 Å². The maximum Gasteiger partial charge on any atom is 0.308 e. The molecule has 1 unspecified atom stereocenters. The molecule has 2 aromatic heterocycles. The van der Waals surface area contributed by atoms with Crippen molar-refractivity contribution in [1.29, 1.82) is 0 Å². The van der Waals surface area contributed by atoms with E-state index in [0.29, 0.717) is 6.54 Å². The second kappa shape index (κ2) is 6.44. The zero-order chi connectivity index (χ0) is 17.4. The van der Waals surface area contributed by atoms with Crippen LogP contribution in [0.1, 0.15) is 18.4 Å². The van der Waals surface area contributed by atoms with Crippen molar-refractivity contribution in [3.05, 3.63) is 41.5 Å². The Balaban J connectivity index is 1.85. The van der Waals surface area contributed by atoms with Gasteiger partial charge in [0, 0.05) is 23.5 Å². The SMILES string of the molecule is Cc1csc(-c2cccc3ncnc(N4CCCC(C(=O)O)C4)c23)c1. The van der Waals surface area contributed by atoms with E-state index in [0.717, 1.165) is 41.7 Å². The lowest BCUT2D eigenvalue weighted by molar-refractivity contribution is -0.141. The minimum absolute atomic E-state index is 0.338. The van der Waals surface area contributed by atoms with Gasteiger partial charge >= 0.3 is 5.97 Å². The van der Waals surface area contributed by atoms with Crippen LogP contribution in [0, 0.1) is 12.8 Å². The summed E-state index contributed by atoms with van der Waals surface area (Å²) in [6.45, 7) is 3.41. The number of hydrogen-bond acceptors (Lipinski definition) is 5. The van der Waals surface area contributed by atoms with Gasteiger partial charge in [0.2, 0.25) is 0 Å². The van der Waals surface area contributed by atoms with Gasteiger partial charge in [-0.25, -0.2) is 9.97 Å². The Bertz CT molecular complexity index is 932. The van der Waals surface area contributed by atoms with E-state index in [2.05, 4.69) is 39.3 Å². The van der Waals surface area contributed by atoms with Crippen molar-refractivity contribution in [2.45, 2.75) is 19.8 Å². The lowest BCUT2D eigenvalue weighted by atomic mass is 9.97. The largest absolute Gasteiger partial charge is 0.481 e. The van der Waals surface area contributed by atoms with Gasteiger partial charge in [-0.15, -0.1) is 11.3 Å². The van der Waals surface area contributed by atoms with Crippen LogP contribution in [0.15, 0.2) is 36.0 Å². The molecule has 6 heteroatoms. The molecule has 3 aromatic rings. The summed E-state index contributed by atoms with van der Waals surface area (Å²) < 4.78 is 0. The number of hydrogen-bond donors (Lipinski definition) is 1. The summed E-state index contributed by atoms with van der Waals surface area (Å²) in [5.74, 6) is -0.218. The van der Waals surface area contributed by atoms with Crippen LogP contribution in [0.4, 0.5) is 5.82 Å². The number of fused-ring (bicyclic) bond motifs is 1. The maximum atomic E-state index is 11.4. The summed E-state index contributed by atoms with van der Waals surface area (Å²) >= 11 is 1.71. The van der Waals surface area contributed by atoms with Crippen molar-refractivity contribution in [3.63, 3.8) is 0 Å². The molecule has 128 valence electrons. The quantitative estimate of drug-likeness (QED) is 0.772. The molecule has 1 saturated heterocycles. The average Bonchev–Trinajstić information content (AvgIpc) is 3.07. The van der Waals surface area contributed by atoms with E-state index in [9.17, 15) is 9.90 Å². The molecule has 0 radical (unpaired) electrons. The molecule has 0 aliphatic carbocycles. The van der Waals surface area contributed by atoms with E-state index in [1.54, 1.807) is 17.7 Å². The smallest absolute Gasteiger partial charge is 0.308 e. The van der Waals surface area contributed by atoms with Gasteiger partial charge in [-0.05, 0) is 42.8 Å². The first kappa shape index (κ1) is 16.0. The number of carboxylic acid groups (broad SMARTS) is 1. The molecule has 1 aromatic carbocycles. The third kappa shape index (κ3) is 2.98. The Labute approximate surface area is 150 Å². The second-order valence-corrected chi connectivity index (χ2v) is 7.42. The van der Waals surface area contributed by atoms with E-state index in [-0.39, 0.29) is 5.92 Å². The van der Waals surface area contributed by atoms with Crippen molar-refractivity contribution in [2.75, 3.05) is 18.0 Å². The van der Waals surface area contributed by atoms with Crippen LogP contribution in [0.25, 0.3) is 21.3 Å². The van der Waals surface area contributed by atoms with Crippen LogP contribution in [-0.4, -0.2) is 34.1 Å². The van der Waals surface area contributed by atoms with E-state index < -0.39 is 5.97 Å². The molecule has 4 rings (SSSR count). The average molecular weight is 353 g/mol. The first-order chi connectivity index (χ1) is 12.1. The number of aliphatic carboxylic acids is 1. The predicted molar refractivity (Wildman–Crippen MR) is 100 cm³/mol. The monoisotopic (exact) mass is 353 g/mol. The highest BCUT2D eigenvalue weighted by atomic mass is 32.1.